The van der Waals surface area contributed by atoms with E-state index in [9.17, 15) is 8.42 Å². The molecule has 0 saturated carbocycles. The number of aryl methyl sites for hydroxylation is 1. The summed E-state index contributed by atoms with van der Waals surface area (Å²) in [6.07, 6.45) is 3.33. The van der Waals surface area contributed by atoms with Crippen molar-refractivity contribution in [3.8, 4) is 0 Å². The smallest absolute Gasteiger partial charge is 0.182 e. The van der Waals surface area contributed by atoms with Gasteiger partial charge in [0.1, 0.15) is 0 Å². The molecule has 0 spiro atoms. The topological polar surface area (TPSA) is 78.0 Å². The lowest BCUT2D eigenvalue weighted by atomic mass is 10.3. The molecular formula is C11H12BrN3O2S. The molecule has 0 amide bonds. The molecule has 0 saturated heterocycles. The van der Waals surface area contributed by atoms with Gasteiger partial charge in [0.05, 0.1) is 22.9 Å². The molecule has 0 aliphatic rings. The highest BCUT2D eigenvalue weighted by Gasteiger charge is 2.17. The molecule has 0 aliphatic heterocycles. The lowest BCUT2D eigenvalue weighted by Crippen LogP contribution is -2.15. The molecule has 0 aliphatic carbocycles. The third-order valence-corrected chi connectivity index (χ3v) is 4.71. The van der Waals surface area contributed by atoms with Crippen LogP contribution in [0.25, 0.3) is 0 Å². The quantitative estimate of drug-likeness (QED) is 0.866. The Kier molecular flexibility index (Phi) is 3.72. The van der Waals surface area contributed by atoms with Crippen LogP contribution in [0.15, 0.2) is 46.0 Å². The first-order valence-corrected chi connectivity index (χ1v) is 7.69. The molecule has 0 bridgehead atoms. The molecule has 2 rings (SSSR count). The van der Waals surface area contributed by atoms with Gasteiger partial charge in [-0.25, -0.2) is 8.42 Å². The molecule has 0 atom stereocenters. The highest BCUT2D eigenvalue weighted by Crippen LogP contribution is 2.23. The lowest BCUT2D eigenvalue weighted by molar-refractivity contribution is 0.581. The molecule has 7 heteroatoms. The molecule has 96 valence electrons. The van der Waals surface area contributed by atoms with E-state index < -0.39 is 9.84 Å². The zero-order chi connectivity index (χ0) is 13.2. The summed E-state index contributed by atoms with van der Waals surface area (Å²) in [5, 5.41) is 3.96. The van der Waals surface area contributed by atoms with Crippen molar-refractivity contribution in [3.05, 3.63) is 41.1 Å². The lowest BCUT2D eigenvalue weighted by Gasteiger charge is -2.08. The average molecular weight is 330 g/mol. The molecular weight excluding hydrogens is 318 g/mol. The van der Waals surface area contributed by atoms with Crippen molar-refractivity contribution in [3.63, 3.8) is 0 Å². The molecule has 0 fully saturated rings. The third kappa shape index (κ3) is 2.91. The predicted octanol–water partition coefficient (Wildman–Crippen LogP) is 1.70. The van der Waals surface area contributed by atoms with Crippen LogP contribution in [0.1, 0.15) is 0 Å². The number of hydrogen-bond donors (Lipinski definition) is 1. The second-order valence-electron chi connectivity index (χ2n) is 3.77. The van der Waals surface area contributed by atoms with Crippen LogP contribution >= 0.6 is 15.9 Å². The maximum Gasteiger partial charge on any atom is 0.182 e. The Labute approximate surface area is 114 Å². The first-order chi connectivity index (χ1) is 8.49. The van der Waals surface area contributed by atoms with Crippen molar-refractivity contribution in [2.75, 3.05) is 11.5 Å². The maximum absolute atomic E-state index is 12.1. The second kappa shape index (κ2) is 5.11. The summed E-state index contributed by atoms with van der Waals surface area (Å²) in [5.74, 6) is -0.0273. The van der Waals surface area contributed by atoms with Gasteiger partial charge in [-0.1, -0.05) is 15.9 Å². The van der Waals surface area contributed by atoms with Crippen LogP contribution in [-0.2, 0) is 16.4 Å². The van der Waals surface area contributed by atoms with Crippen molar-refractivity contribution >= 4 is 31.5 Å². The Bertz CT molecular complexity index is 638. The number of nitrogens with zero attached hydrogens (tertiary/aromatic N) is 2. The summed E-state index contributed by atoms with van der Waals surface area (Å²) in [7, 11) is -3.39. The Balaban J connectivity index is 2.20. The van der Waals surface area contributed by atoms with Crippen molar-refractivity contribution in [1.29, 1.82) is 0 Å². The van der Waals surface area contributed by atoms with Crippen LogP contribution in [0.4, 0.5) is 5.69 Å². The molecule has 0 unspecified atom stereocenters. The number of aromatic nitrogens is 2. The minimum absolute atomic E-state index is 0.0273. The van der Waals surface area contributed by atoms with Crippen LogP contribution in [-0.4, -0.2) is 24.0 Å². The Morgan fingerprint density at radius 3 is 2.78 bits per heavy atom. The minimum atomic E-state index is -3.39. The second-order valence-corrected chi connectivity index (χ2v) is 6.76. The fourth-order valence-electron chi connectivity index (χ4n) is 1.56. The van der Waals surface area contributed by atoms with Gasteiger partial charge in [-0.2, -0.15) is 5.10 Å². The molecule has 18 heavy (non-hydrogen) atoms. The number of sulfone groups is 1. The van der Waals surface area contributed by atoms with E-state index in [0.717, 1.165) is 4.47 Å². The van der Waals surface area contributed by atoms with Gasteiger partial charge in [0.2, 0.25) is 0 Å². The zero-order valence-corrected chi connectivity index (χ0v) is 11.9. The Morgan fingerprint density at radius 2 is 2.17 bits per heavy atom. The van der Waals surface area contributed by atoms with Crippen molar-refractivity contribution < 1.29 is 8.42 Å². The molecule has 0 radical (unpaired) electrons. The predicted molar refractivity (Wildman–Crippen MR) is 72.8 cm³/mol. The van der Waals surface area contributed by atoms with Crippen molar-refractivity contribution in [2.24, 2.45) is 0 Å². The van der Waals surface area contributed by atoms with Gasteiger partial charge in [0.25, 0.3) is 0 Å². The summed E-state index contributed by atoms with van der Waals surface area (Å²) in [5.41, 5.74) is 5.98. The summed E-state index contributed by atoms with van der Waals surface area (Å²) in [4.78, 5) is 0.165. The number of rotatable bonds is 4. The van der Waals surface area contributed by atoms with Crippen LogP contribution in [0.3, 0.4) is 0 Å². The number of nitrogens with two attached hydrogens (primary N) is 1. The van der Waals surface area contributed by atoms with Crippen molar-refractivity contribution in [2.45, 2.75) is 11.4 Å². The summed E-state index contributed by atoms with van der Waals surface area (Å²) in [6.45, 7) is 0.310. The van der Waals surface area contributed by atoms with Crippen LogP contribution in [0.5, 0.6) is 0 Å². The number of halogens is 1. The number of benzene rings is 1. The van der Waals surface area contributed by atoms with E-state index in [0.29, 0.717) is 6.54 Å². The van der Waals surface area contributed by atoms with E-state index in [1.807, 2.05) is 0 Å². The van der Waals surface area contributed by atoms with Crippen LogP contribution in [0.2, 0.25) is 0 Å². The monoisotopic (exact) mass is 329 g/mol. The molecule has 5 nitrogen and oxygen atoms in total. The van der Waals surface area contributed by atoms with Gasteiger partial charge in [-0.05, 0) is 24.3 Å². The van der Waals surface area contributed by atoms with Crippen LogP contribution in [0, 0.1) is 0 Å². The van der Waals surface area contributed by atoms with E-state index in [-0.39, 0.29) is 16.3 Å². The fraction of sp³-hybridized carbons (Fsp3) is 0.182. The normalized spacial score (nSPS) is 11.6. The minimum Gasteiger partial charge on any atom is -0.398 e. The van der Waals surface area contributed by atoms with Gasteiger partial charge in [-0.15, -0.1) is 0 Å². The number of anilines is 1. The molecule has 1 aromatic carbocycles. The highest BCUT2D eigenvalue weighted by molar-refractivity contribution is 9.10. The Morgan fingerprint density at radius 1 is 1.39 bits per heavy atom. The van der Waals surface area contributed by atoms with E-state index in [2.05, 4.69) is 21.0 Å². The third-order valence-electron chi connectivity index (χ3n) is 2.46. The van der Waals surface area contributed by atoms with Gasteiger partial charge in [0, 0.05) is 16.9 Å². The van der Waals surface area contributed by atoms with Gasteiger partial charge in [-0.3, -0.25) is 4.68 Å². The average Bonchev–Trinajstić information content (AvgIpc) is 2.78. The molecule has 1 heterocycles. The SMILES string of the molecule is Nc1cc(Br)ccc1S(=O)(=O)CCn1cccn1. The van der Waals surface area contributed by atoms with E-state index in [1.165, 1.54) is 6.07 Å². The summed E-state index contributed by atoms with van der Waals surface area (Å²) >= 11 is 3.24. The molecule has 1 aromatic heterocycles. The maximum atomic E-state index is 12.1. The standard InChI is InChI=1S/C11H12BrN3O2S/c12-9-2-3-11(10(13)8-9)18(16,17)7-6-15-5-1-4-14-15/h1-5,8H,6-7,13H2. The highest BCUT2D eigenvalue weighted by atomic mass is 79.9. The van der Waals surface area contributed by atoms with E-state index in [1.54, 1.807) is 35.3 Å². The summed E-state index contributed by atoms with van der Waals surface area (Å²) in [6, 6.07) is 6.51. The number of nitrogen functional groups attached to an aromatic ring is 1. The molecule has 2 aromatic rings. The van der Waals surface area contributed by atoms with Gasteiger partial charge in [0.15, 0.2) is 9.84 Å². The van der Waals surface area contributed by atoms with Crippen LogP contribution < -0.4 is 5.73 Å². The van der Waals surface area contributed by atoms with Gasteiger partial charge >= 0.3 is 0 Å². The zero-order valence-electron chi connectivity index (χ0n) is 9.45. The van der Waals surface area contributed by atoms with Crippen molar-refractivity contribution in [1.82, 2.24) is 9.78 Å². The van der Waals surface area contributed by atoms with E-state index in [4.69, 9.17) is 5.73 Å². The van der Waals surface area contributed by atoms with Gasteiger partial charge < -0.3 is 5.73 Å². The fourth-order valence-corrected chi connectivity index (χ4v) is 3.28. The summed E-state index contributed by atoms with van der Waals surface area (Å²) < 4.78 is 26.6. The number of hydrogen-bond acceptors (Lipinski definition) is 4. The first kappa shape index (κ1) is 13.1. The first-order valence-electron chi connectivity index (χ1n) is 5.24. The Hall–Kier alpha value is -1.34. The largest absolute Gasteiger partial charge is 0.398 e. The van der Waals surface area contributed by atoms with E-state index >= 15 is 0 Å². The molecule has 2 N–H and O–H groups in total.